The summed E-state index contributed by atoms with van der Waals surface area (Å²) in [6.45, 7) is 11.1. The van der Waals surface area contributed by atoms with Gasteiger partial charge in [0, 0.05) is 28.6 Å². The SMILES string of the molecule is CC1(C)CN(c2ccccc2Br)CC(C)(C)N1. The van der Waals surface area contributed by atoms with Crippen LogP contribution in [0.15, 0.2) is 28.7 Å². The molecule has 1 saturated heterocycles. The molecule has 0 aliphatic carbocycles. The van der Waals surface area contributed by atoms with Crippen molar-refractivity contribution in [3.63, 3.8) is 0 Å². The van der Waals surface area contributed by atoms with Crippen LogP contribution in [0.4, 0.5) is 5.69 Å². The molecule has 0 radical (unpaired) electrons. The quantitative estimate of drug-likeness (QED) is 0.854. The zero-order valence-electron chi connectivity index (χ0n) is 11.0. The minimum Gasteiger partial charge on any atom is -0.367 e. The van der Waals surface area contributed by atoms with E-state index in [0.29, 0.717) is 0 Å². The second-order valence-electron chi connectivity index (χ2n) is 6.20. The summed E-state index contributed by atoms with van der Waals surface area (Å²) in [6.07, 6.45) is 0. The smallest absolute Gasteiger partial charge is 0.0511 e. The summed E-state index contributed by atoms with van der Waals surface area (Å²) in [6, 6.07) is 8.45. The van der Waals surface area contributed by atoms with Crippen LogP contribution in [0.25, 0.3) is 0 Å². The highest BCUT2D eigenvalue weighted by Gasteiger charge is 2.36. The Morgan fingerprint density at radius 3 is 2.12 bits per heavy atom. The Bertz CT molecular complexity index is 396. The van der Waals surface area contributed by atoms with Crippen LogP contribution in [0.2, 0.25) is 0 Å². The molecule has 0 atom stereocenters. The van der Waals surface area contributed by atoms with E-state index in [1.807, 2.05) is 0 Å². The number of hydrogen-bond donors (Lipinski definition) is 1. The van der Waals surface area contributed by atoms with Gasteiger partial charge >= 0.3 is 0 Å². The Morgan fingerprint density at radius 2 is 1.59 bits per heavy atom. The number of piperazine rings is 1. The van der Waals surface area contributed by atoms with Crippen LogP contribution in [0.5, 0.6) is 0 Å². The molecule has 1 N–H and O–H groups in total. The average Bonchev–Trinajstić information content (AvgIpc) is 2.13. The van der Waals surface area contributed by atoms with Gasteiger partial charge < -0.3 is 10.2 Å². The molecule has 94 valence electrons. The number of hydrogen-bond acceptors (Lipinski definition) is 2. The second-order valence-corrected chi connectivity index (χ2v) is 7.05. The molecule has 1 aliphatic heterocycles. The van der Waals surface area contributed by atoms with Crippen LogP contribution in [-0.4, -0.2) is 24.2 Å². The molecular formula is C14H21BrN2. The Hall–Kier alpha value is -0.540. The van der Waals surface area contributed by atoms with E-state index in [-0.39, 0.29) is 11.1 Å². The number of anilines is 1. The lowest BCUT2D eigenvalue weighted by molar-refractivity contribution is 0.226. The number of para-hydroxylation sites is 1. The molecule has 2 nitrogen and oxygen atoms in total. The first-order chi connectivity index (χ1) is 7.79. The highest BCUT2D eigenvalue weighted by molar-refractivity contribution is 9.10. The van der Waals surface area contributed by atoms with Gasteiger partial charge in [0.2, 0.25) is 0 Å². The van der Waals surface area contributed by atoms with E-state index in [1.165, 1.54) is 10.2 Å². The predicted octanol–water partition coefficient (Wildman–Crippen LogP) is 3.42. The maximum atomic E-state index is 3.69. The van der Waals surface area contributed by atoms with Gasteiger partial charge in [0.1, 0.15) is 0 Å². The highest BCUT2D eigenvalue weighted by Crippen LogP contribution is 2.31. The normalized spacial score (nSPS) is 22.5. The van der Waals surface area contributed by atoms with Crippen LogP contribution in [0.1, 0.15) is 27.7 Å². The third-order valence-electron chi connectivity index (χ3n) is 3.04. The summed E-state index contributed by atoms with van der Waals surface area (Å²) in [7, 11) is 0. The highest BCUT2D eigenvalue weighted by atomic mass is 79.9. The molecule has 0 saturated carbocycles. The fourth-order valence-corrected chi connectivity index (χ4v) is 3.42. The maximum absolute atomic E-state index is 3.69. The van der Waals surface area contributed by atoms with Crippen molar-refractivity contribution in [2.24, 2.45) is 0 Å². The number of benzene rings is 1. The summed E-state index contributed by atoms with van der Waals surface area (Å²) < 4.78 is 1.17. The average molecular weight is 297 g/mol. The van der Waals surface area contributed by atoms with E-state index in [9.17, 15) is 0 Å². The van der Waals surface area contributed by atoms with Crippen molar-refractivity contribution < 1.29 is 0 Å². The molecule has 3 heteroatoms. The number of rotatable bonds is 1. The molecule has 1 heterocycles. The van der Waals surface area contributed by atoms with Crippen LogP contribution in [0, 0.1) is 0 Å². The van der Waals surface area contributed by atoms with Gasteiger partial charge in [0.25, 0.3) is 0 Å². The van der Waals surface area contributed by atoms with Crippen molar-refractivity contribution >= 4 is 21.6 Å². The monoisotopic (exact) mass is 296 g/mol. The zero-order chi connectivity index (χ0) is 12.7. The van der Waals surface area contributed by atoms with Crippen LogP contribution < -0.4 is 10.2 Å². The van der Waals surface area contributed by atoms with E-state index in [0.717, 1.165) is 13.1 Å². The van der Waals surface area contributed by atoms with Gasteiger partial charge in [0.15, 0.2) is 0 Å². The van der Waals surface area contributed by atoms with E-state index in [1.54, 1.807) is 0 Å². The Labute approximate surface area is 113 Å². The molecule has 1 aromatic rings. The molecule has 2 rings (SSSR count). The Kier molecular flexibility index (Phi) is 3.25. The largest absolute Gasteiger partial charge is 0.367 e. The lowest BCUT2D eigenvalue weighted by atomic mass is 9.91. The zero-order valence-corrected chi connectivity index (χ0v) is 12.6. The van der Waals surface area contributed by atoms with Gasteiger partial charge in [-0.3, -0.25) is 0 Å². The van der Waals surface area contributed by atoms with Crippen molar-refractivity contribution in [2.45, 2.75) is 38.8 Å². The van der Waals surface area contributed by atoms with Crippen molar-refractivity contribution in [1.29, 1.82) is 0 Å². The van der Waals surface area contributed by atoms with Gasteiger partial charge in [-0.1, -0.05) is 12.1 Å². The van der Waals surface area contributed by atoms with E-state index >= 15 is 0 Å². The first-order valence-electron chi connectivity index (χ1n) is 6.08. The lowest BCUT2D eigenvalue weighted by Crippen LogP contribution is -2.67. The number of halogens is 1. The van der Waals surface area contributed by atoms with Gasteiger partial charge in [-0.2, -0.15) is 0 Å². The maximum Gasteiger partial charge on any atom is 0.0511 e. The molecule has 0 bridgehead atoms. The first kappa shape index (κ1) is 12.9. The summed E-state index contributed by atoms with van der Waals surface area (Å²) in [5.74, 6) is 0. The third kappa shape index (κ3) is 3.02. The van der Waals surface area contributed by atoms with Crippen LogP contribution >= 0.6 is 15.9 Å². The molecular weight excluding hydrogens is 276 g/mol. The third-order valence-corrected chi connectivity index (χ3v) is 3.71. The van der Waals surface area contributed by atoms with Crippen LogP contribution in [0.3, 0.4) is 0 Å². The van der Waals surface area contributed by atoms with E-state index < -0.39 is 0 Å². The Morgan fingerprint density at radius 1 is 1.06 bits per heavy atom. The van der Waals surface area contributed by atoms with Gasteiger partial charge in [0.05, 0.1) is 5.69 Å². The van der Waals surface area contributed by atoms with Crippen molar-refractivity contribution in [2.75, 3.05) is 18.0 Å². The molecule has 1 aromatic carbocycles. The summed E-state index contributed by atoms with van der Waals surface area (Å²) >= 11 is 3.64. The van der Waals surface area contributed by atoms with Gasteiger partial charge in [-0.15, -0.1) is 0 Å². The van der Waals surface area contributed by atoms with E-state index in [2.05, 4.69) is 78.1 Å². The minimum absolute atomic E-state index is 0.136. The Balaban J connectivity index is 2.30. The molecule has 0 aromatic heterocycles. The number of nitrogens with one attached hydrogen (secondary N) is 1. The topological polar surface area (TPSA) is 15.3 Å². The number of nitrogens with zero attached hydrogens (tertiary/aromatic N) is 1. The predicted molar refractivity (Wildman–Crippen MR) is 77.6 cm³/mol. The standard InChI is InChI=1S/C14H21BrN2/c1-13(2)9-17(10-14(3,4)16-13)12-8-6-5-7-11(12)15/h5-8,16H,9-10H2,1-4H3. The molecule has 0 spiro atoms. The van der Waals surface area contributed by atoms with Crippen LogP contribution in [-0.2, 0) is 0 Å². The van der Waals surface area contributed by atoms with Gasteiger partial charge in [-0.05, 0) is 55.8 Å². The van der Waals surface area contributed by atoms with Crippen molar-refractivity contribution in [3.8, 4) is 0 Å². The molecule has 1 fully saturated rings. The molecule has 17 heavy (non-hydrogen) atoms. The minimum atomic E-state index is 0.136. The summed E-state index contributed by atoms with van der Waals surface area (Å²) in [5, 5.41) is 3.69. The van der Waals surface area contributed by atoms with Crippen molar-refractivity contribution in [1.82, 2.24) is 5.32 Å². The van der Waals surface area contributed by atoms with Gasteiger partial charge in [-0.25, -0.2) is 0 Å². The second kappa shape index (κ2) is 4.29. The lowest BCUT2D eigenvalue weighted by Gasteiger charge is -2.49. The molecule has 1 aliphatic rings. The molecule has 0 amide bonds. The fraction of sp³-hybridized carbons (Fsp3) is 0.571. The molecule has 0 unspecified atom stereocenters. The van der Waals surface area contributed by atoms with Crippen molar-refractivity contribution in [3.05, 3.63) is 28.7 Å². The first-order valence-corrected chi connectivity index (χ1v) is 6.87. The summed E-state index contributed by atoms with van der Waals surface area (Å²) in [4.78, 5) is 2.46. The summed E-state index contributed by atoms with van der Waals surface area (Å²) in [5.41, 5.74) is 1.56. The van der Waals surface area contributed by atoms with E-state index in [4.69, 9.17) is 0 Å². The fourth-order valence-electron chi connectivity index (χ4n) is 2.88.